The Balaban J connectivity index is 0.000000141. The zero-order valence-corrected chi connectivity index (χ0v) is 33.9. The molecule has 0 radical (unpaired) electrons. The van der Waals surface area contributed by atoms with Gasteiger partial charge in [-0.05, 0) is 189 Å². The molecule has 0 saturated heterocycles. The van der Waals surface area contributed by atoms with Crippen molar-refractivity contribution in [2.75, 3.05) is 25.7 Å². The molecule has 9 saturated carbocycles. The highest BCUT2D eigenvalue weighted by atomic mass is 32.2. The number of rotatable bonds is 10. The molecule has 9 fully saturated rings. The normalized spacial score (nSPS) is 41.9. The second-order valence-electron chi connectivity index (χ2n) is 18.4. The first-order valence-corrected chi connectivity index (χ1v) is 23.2. The van der Waals surface area contributed by atoms with Gasteiger partial charge >= 0.3 is 5.97 Å². The zero-order valence-electron chi connectivity index (χ0n) is 32.3. The van der Waals surface area contributed by atoms with Crippen molar-refractivity contribution in [3.63, 3.8) is 0 Å². The van der Waals surface area contributed by atoms with E-state index in [2.05, 4.69) is 42.7 Å². The highest BCUT2D eigenvalue weighted by Gasteiger charge is 2.69. The van der Waals surface area contributed by atoms with Gasteiger partial charge in [0.25, 0.3) is 0 Å². The van der Waals surface area contributed by atoms with Crippen LogP contribution in [0.25, 0.3) is 0 Å². The lowest BCUT2D eigenvalue weighted by atomic mass is 9.42. The van der Waals surface area contributed by atoms with Crippen molar-refractivity contribution in [2.45, 2.75) is 101 Å². The molecular formula is C46H60O5S2. The van der Waals surface area contributed by atoms with Gasteiger partial charge in [0.15, 0.2) is 5.12 Å². The Bertz CT molecular complexity index is 1610. The number of fused-ring (bicyclic) bond motifs is 12. The van der Waals surface area contributed by atoms with Crippen LogP contribution in [0, 0.1) is 71.0 Å². The molecule has 0 aliphatic heterocycles. The largest absolute Gasteiger partial charge is 0.497 e. The van der Waals surface area contributed by atoms with Gasteiger partial charge in [0.1, 0.15) is 11.5 Å². The Kier molecular flexibility index (Phi) is 10.3. The van der Waals surface area contributed by atoms with Gasteiger partial charge in [0, 0.05) is 31.1 Å². The standard InChI is InChI=1S/C25H28O3.C21H32O2S2/c1-16(26)28-24-9-5-20(6-10-24)25(19-3-7-23(27-2)8-4-19)21-12-17-11-18(14-21)15-22(25)13-17;1-11(22)25-13-8-14-15(9-13)17-10-16(14)20-12-6-18(21(17)20)19(7-12)23-4-3-5-24-2/h3-10,17-18,21-22H,11-15H2,1-2H3;12-21H,3-10H2,1-2H3. The molecular weight excluding hydrogens is 697 g/mol. The van der Waals surface area contributed by atoms with Crippen molar-refractivity contribution in [1.82, 2.24) is 0 Å². The van der Waals surface area contributed by atoms with Crippen LogP contribution in [-0.4, -0.2) is 48.2 Å². The summed E-state index contributed by atoms with van der Waals surface area (Å²) in [7, 11) is 1.72. The van der Waals surface area contributed by atoms with E-state index in [0.29, 0.717) is 34.1 Å². The maximum atomic E-state index is 11.5. The molecule has 10 unspecified atom stereocenters. The Labute approximate surface area is 326 Å². The predicted molar refractivity (Wildman–Crippen MR) is 214 cm³/mol. The van der Waals surface area contributed by atoms with Crippen molar-refractivity contribution in [2.24, 2.45) is 71.0 Å². The van der Waals surface area contributed by atoms with Gasteiger partial charge in [0.2, 0.25) is 0 Å². The predicted octanol–water partition coefficient (Wildman–Crippen LogP) is 10.1. The molecule has 2 aromatic carbocycles. The maximum Gasteiger partial charge on any atom is 0.308 e. The summed E-state index contributed by atoms with van der Waals surface area (Å²) in [5.41, 5.74) is 2.86. The van der Waals surface area contributed by atoms with Crippen molar-refractivity contribution < 1.29 is 23.8 Å². The van der Waals surface area contributed by atoms with Crippen LogP contribution < -0.4 is 9.47 Å². The molecule has 0 aromatic heterocycles. The third kappa shape index (κ3) is 6.43. The number of benzene rings is 2. The molecule has 53 heavy (non-hydrogen) atoms. The highest BCUT2D eigenvalue weighted by Crippen LogP contribution is 2.73. The van der Waals surface area contributed by atoms with Crippen LogP contribution in [0.5, 0.6) is 11.5 Å². The Morgan fingerprint density at radius 1 is 0.698 bits per heavy atom. The Morgan fingerprint density at radius 3 is 1.87 bits per heavy atom. The quantitative estimate of drug-likeness (QED) is 0.104. The molecule has 0 N–H and O–H groups in total. The lowest BCUT2D eigenvalue weighted by molar-refractivity contribution is -0.131. The van der Waals surface area contributed by atoms with E-state index in [0.717, 1.165) is 71.5 Å². The van der Waals surface area contributed by atoms with E-state index in [9.17, 15) is 9.59 Å². The molecule has 0 spiro atoms. The third-order valence-electron chi connectivity index (χ3n) is 16.1. The molecule has 10 atom stereocenters. The van der Waals surface area contributed by atoms with Crippen LogP contribution >= 0.6 is 23.5 Å². The molecule has 2 aromatic rings. The fourth-order valence-electron chi connectivity index (χ4n) is 15.0. The summed E-state index contributed by atoms with van der Waals surface area (Å²) in [6.45, 7) is 4.18. The van der Waals surface area contributed by atoms with Gasteiger partial charge in [-0.2, -0.15) is 11.8 Å². The van der Waals surface area contributed by atoms with E-state index in [1.807, 2.05) is 23.9 Å². The maximum absolute atomic E-state index is 11.5. The summed E-state index contributed by atoms with van der Waals surface area (Å²) in [6.07, 6.45) is 17.8. The van der Waals surface area contributed by atoms with Gasteiger partial charge < -0.3 is 14.2 Å². The van der Waals surface area contributed by atoms with Crippen molar-refractivity contribution in [3.05, 3.63) is 59.7 Å². The summed E-state index contributed by atoms with van der Waals surface area (Å²) in [4.78, 5) is 22.9. The minimum atomic E-state index is -0.271. The van der Waals surface area contributed by atoms with Crippen molar-refractivity contribution in [1.29, 1.82) is 0 Å². The van der Waals surface area contributed by atoms with Crippen molar-refractivity contribution in [3.8, 4) is 11.5 Å². The Hall–Kier alpha value is -1.96. The summed E-state index contributed by atoms with van der Waals surface area (Å²) in [6, 6.07) is 17.1. The average Bonchev–Trinajstić information content (AvgIpc) is 3.96. The van der Waals surface area contributed by atoms with E-state index in [1.165, 1.54) is 94.4 Å². The van der Waals surface area contributed by atoms with Crippen LogP contribution in [0.15, 0.2) is 48.5 Å². The van der Waals surface area contributed by atoms with E-state index < -0.39 is 0 Å². The number of ether oxygens (including phenoxy) is 3. The molecule has 7 heteroatoms. The lowest BCUT2D eigenvalue weighted by Crippen LogP contribution is -2.56. The number of hydrogen-bond donors (Lipinski definition) is 0. The summed E-state index contributed by atoms with van der Waals surface area (Å²) >= 11 is 3.58. The van der Waals surface area contributed by atoms with Crippen LogP contribution in [-0.2, 0) is 19.7 Å². The second kappa shape index (κ2) is 14.8. The number of esters is 1. The number of hydrogen-bond acceptors (Lipinski definition) is 7. The molecule has 9 aliphatic rings. The van der Waals surface area contributed by atoms with Gasteiger partial charge in [0.05, 0.1) is 13.2 Å². The number of carbonyl (C=O) groups excluding carboxylic acids is 2. The van der Waals surface area contributed by atoms with Gasteiger partial charge in [-0.1, -0.05) is 36.0 Å². The summed E-state index contributed by atoms with van der Waals surface area (Å²) in [5, 5.41) is 0.962. The van der Waals surface area contributed by atoms with Crippen molar-refractivity contribution >= 4 is 34.6 Å². The van der Waals surface area contributed by atoms with E-state index in [4.69, 9.17) is 14.2 Å². The minimum Gasteiger partial charge on any atom is -0.497 e. The van der Waals surface area contributed by atoms with Crippen LogP contribution in [0.3, 0.4) is 0 Å². The molecule has 11 rings (SSSR count). The highest BCUT2D eigenvalue weighted by molar-refractivity contribution is 8.14. The molecule has 286 valence electrons. The van der Waals surface area contributed by atoms with E-state index in [1.54, 1.807) is 25.8 Å². The molecule has 8 bridgehead atoms. The first-order valence-electron chi connectivity index (χ1n) is 21.0. The summed E-state index contributed by atoms with van der Waals surface area (Å²) < 4.78 is 17.1. The Morgan fingerprint density at radius 2 is 1.30 bits per heavy atom. The molecule has 0 amide bonds. The second-order valence-corrected chi connectivity index (χ2v) is 20.9. The summed E-state index contributed by atoms with van der Waals surface area (Å²) in [5.74, 6) is 13.5. The molecule has 5 nitrogen and oxygen atoms in total. The molecule has 0 heterocycles. The van der Waals surface area contributed by atoms with Gasteiger partial charge in [-0.3, -0.25) is 9.59 Å². The molecule has 9 aliphatic carbocycles. The zero-order chi connectivity index (χ0) is 36.4. The minimum absolute atomic E-state index is 0.0639. The number of thioether (sulfide) groups is 2. The third-order valence-corrected chi connectivity index (χ3v) is 17.8. The number of carbonyl (C=O) groups is 2. The van der Waals surface area contributed by atoms with E-state index in [-0.39, 0.29) is 11.4 Å². The van der Waals surface area contributed by atoms with Crippen LogP contribution in [0.1, 0.15) is 95.6 Å². The topological polar surface area (TPSA) is 61.8 Å². The SMILES string of the molecule is COc1ccc(C2(c3ccc(OC(C)=O)cc3)C3CC4CC(C3)CC2C4)cc1.CSCCCOC1CC2CC1C1C3CC(C4CC(SC(C)=O)CC43)C21. The van der Waals surface area contributed by atoms with Crippen LogP contribution in [0.2, 0.25) is 0 Å². The lowest BCUT2D eigenvalue weighted by Gasteiger charge is -2.62. The fraction of sp³-hybridized carbons (Fsp3) is 0.696. The van der Waals surface area contributed by atoms with Crippen LogP contribution in [0.4, 0.5) is 0 Å². The van der Waals surface area contributed by atoms with Gasteiger partial charge in [-0.25, -0.2) is 0 Å². The number of methoxy groups -OCH3 is 1. The first kappa shape index (κ1) is 36.7. The smallest absolute Gasteiger partial charge is 0.308 e. The first-order chi connectivity index (χ1) is 25.8. The fourth-order valence-corrected chi connectivity index (χ4v) is 16.6. The van der Waals surface area contributed by atoms with Gasteiger partial charge in [-0.15, -0.1) is 0 Å². The van der Waals surface area contributed by atoms with E-state index >= 15 is 0 Å². The average molecular weight is 757 g/mol. The monoisotopic (exact) mass is 756 g/mol.